The molecule has 16 heteroatoms. The van der Waals surface area contributed by atoms with Crippen molar-refractivity contribution in [2.75, 3.05) is 23.3 Å². The molecule has 1 saturated carbocycles. The molecule has 2 N–H and O–H groups in total. The summed E-state index contributed by atoms with van der Waals surface area (Å²) < 4.78 is 74.6. The predicted octanol–water partition coefficient (Wildman–Crippen LogP) is 5.06. The molecule has 3 atom stereocenters. The molecule has 3 heterocycles. The minimum atomic E-state index is -4.92. The van der Waals surface area contributed by atoms with Crippen LogP contribution in [0.4, 0.5) is 33.3 Å². The van der Waals surface area contributed by atoms with E-state index < -0.39 is 47.6 Å². The van der Waals surface area contributed by atoms with E-state index in [0.29, 0.717) is 36.2 Å². The fraction of sp³-hybridized carbons (Fsp3) is 0.542. The van der Waals surface area contributed by atoms with Crippen molar-refractivity contribution in [1.29, 1.82) is 0 Å². The molecule has 216 valence electrons. The van der Waals surface area contributed by atoms with Crippen LogP contribution in [0.2, 0.25) is 5.02 Å². The molecule has 2 aliphatic rings. The van der Waals surface area contributed by atoms with E-state index in [1.807, 2.05) is 13.8 Å². The zero-order valence-corrected chi connectivity index (χ0v) is 22.2. The smallest absolute Gasteiger partial charge is 0.372 e. The number of anilines is 2. The first-order valence-corrected chi connectivity index (χ1v) is 13.0. The van der Waals surface area contributed by atoms with Crippen molar-refractivity contribution in [3.05, 3.63) is 34.6 Å². The Bertz CT molecular complexity index is 1350. The average Bonchev–Trinajstić information content (AvgIpc) is 3.41. The first-order valence-electron chi connectivity index (χ1n) is 12.6. The molecule has 0 radical (unpaired) electrons. The summed E-state index contributed by atoms with van der Waals surface area (Å²) in [6.45, 7) is 5.09. The fourth-order valence-corrected chi connectivity index (χ4v) is 5.35. The number of tetrazole rings is 1. The number of alkyl halides is 5. The minimum absolute atomic E-state index is 0.0324. The van der Waals surface area contributed by atoms with Crippen molar-refractivity contribution >= 4 is 28.9 Å². The number of benzene rings is 1. The lowest BCUT2D eigenvalue weighted by Crippen LogP contribution is -2.45. The van der Waals surface area contributed by atoms with Gasteiger partial charge in [-0.1, -0.05) is 11.6 Å². The maximum atomic E-state index is 13.7. The van der Waals surface area contributed by atoms with Gasteiger partial charge in [0.1, 0.15) is 6.04 Å². The summed E-state index contributed by atoms with van der Waals surface area (Å²) in [6, 6.07) is 3.24. The normalized spacial score (nSPS) is 20.7. The summed E-state index contributed by atoms with van der Waals surface area (Å²) in [6.07, 6.45) is -8.05. The molecule has 1 aliphatic carbocycles. The van der Waals surface area contributed by atoms with Gasteiger partial charge in [-0.05, 0) is 50.1 Å². The highest BCUT2D eigenvalue weighted by atomic mass is 35.5. The molecule has 1 unspecified atom stereocenters. The first-order chi connectivity index (χ1) is 18.9. The first kappa shape index (κ1) is 28.2. The Hall–Kier alpha value is -3.33. The van der Waals surface area contributed by atoms with E-state index in [1.54, 1.807) is 18.2 Å². The third-order valence-corrected chi connectivity index (χ3v) is 7.12. The molecule has 1 amide bonds. The van der Waals surface area contributed by atoms with Crippen molar-refractivity contribution < 1.29 is 31.5 Å². The SMILES string of the molecule is CC1CN(c2ccc(NC(=O)[C@H](CC(F)F)n3nc(C(F)(F)F)c(Cl)c3C3CC3)c(-c3nn[nH]n3)c2)C[C@H](C)O1. The van der Waals surface area contributed by atoms with Gasteiger partial charge < -0.3 is 15.0 Å². The number of nitrogens with zero attached hydrogens (tertiary/aromatic N) is 6. The van der Waals surface area contributed by atoms with Crippen molar-refractivity contribution in [1.82, 2.24) is 30.4 Å². The van der Waals surface area contributed by atoms with Crippen molar-refractivity contribution in [2.24, 2.45) is 0 Å². The van der Waals surface area contributed by atoms with Crippen molar-refractivity contribution in [3.63, 3.8) is 0 Å². The zero-order valence-electron chi connectivity index (χ0n) is 21.4. The van der Waals surface area contributed by atoms with Crippen LogP contribution in [0.25, 0.3) is 11.4 Å². The highest BCUT2D eigenvalue weighted by Crippen LogP contribution is 2.48. The molecule has 1 aromatic carbocycles. The maximum Gasteiger partial charge on any atom is 0.436 e. The fourth-order valence-electron chi connectivity index (χ4n) is 4.96. The molecule has 0 spiro atoms. The summed E-state index contributed by atoms with van der Waals surface area (Å²) >= 11 is 6.04. The molecule has 0 bridgehead atoms. The molecule has 2 fully saturated rings. The summed E-state index contributed by atoms with van der Waals surface area (Å²) in [5, 5.41) is 19.3. The molecular weight excluding hydrogens is 563 g/mol. The largest absolute Gasteiger partial charge is 0.436 e. The third kappa shape index (κ3) is 5.89. The lowest BCUT2D eigenvalue weighted by Gasteiger charge is -2.37. The third-order valence-electron chi connectivity index (χ3n) is 6.75. The maximum absolute atomic E-state index is 13.7. The van der Waals surface area contributed by atoms with Crippen LogP contribution >= 0.6 is 11.6 Å². The van der Waals surface area contributed by atoms with Crippen LogP contribution in [0.1, 0.15) is 56.5 Å². The Labute approximate surface area is 230 Å². The average molecular weight is 589 g/mol. The van der Waals surface area contributed by atoms with E-state index in [4.69, 9.17) is 16.3 Å². The van der Waals surface area contributed by atoms with Crippen LogP contribution in [0.3, 0.4) is 0 Å². The van der Waals surface area contributed by atoms with Gasteiger partial charge in [0.2, 0.25) is 18.2 Å². The Morgan fingerprint density at radius 3 is 2.50 bits per heavy atom. The van der Waals surface area contributed by atoms with Gasteiger partial charge in [-0.25, -0.2) is 8.78 Å². The van der Waals surface area contributed by atoms with E-state index >= 15 is 0 Å². The predicted molar refractivity (Wildman–Crippen MR) is 134 cm³/mol. The van der Waals surface area contributed by atoms with Crippen LogP contribution in [0, 0.1) is 0 Å². The van der Waals surface area contributed by atoms with Crippen molar-refractivity contribution in [2.45, 2.75) is 69.9 Å². The number of morpholine rings is 1. The molecular formula is C24H26ClF5N8O2. The minimum Gasteiger partial charge on any atom is -0.372 e. The van der Waals surface area contributed by atoms with Gasteiger partial charge in [0, 0.05) is 36.7 Å². The van der Waals surface area contributed by atoms with E-state index in [1.165, 1.54) is 0 Å². The number of amides is 1. The number of hydrogen-bond acceptors (Lipinski definition) is 7. The Kier molecular flexibility index (Phi) is 7.70. The number of nitrogens with one attached hydrogen (secondary N) is 2. The molecule has 1 aliphatic heterocycles. The van der Waals surface area contributed by atoms with Crippen molar-refractivity contribution in [3.8, 4) is 11.4 Å². The van der Waals surface area contributed by atoms with Gasteiger partial charge in [0.25, 0.3) is 0 Å². The summed E-state index contributed by atoms with van der Waals surface area (Å²) in [7, 11) is 0. The molecule has 5 rings (SSSR count). The van der Waals surface area contributed by atoms with Gasteiger partial charge in [-0.2, -0.15) is 23.5 Å². The molecule has 3 aromatic rings. The Morgan fingerprint density at radius 2 is 1.93 bits per heavy atom. The Morgan fingerprint density at radius 1 is 1.23 bits per heavy atom. The van der Waals surface area contributed by atoms with Gasteiger partial charge in [-0.3, -0.25) is 9.48 Å². The van der Waals surface area contributed by atoms with Gasteiger partial charge in [0.05, 0.1) is 28.6 Å². The van der Waals surface area contributed by atoms with E-state index in [2.05, 4.69) is 35.9 Å². The highest BCUT2D eigenvalue weighted by Gasteiger charge is 2.44. The number of hydrogen-bond donors (Lipinski definition) is 2. The molecule has 10 nitrogen and oxygen atoms in total. The monoisotopic (exact) mass is 588 g/mol. The lowest BCUT2D eigenvalue weighted by molar-refractivity contribution is -0.141. The summed E-state index contributed by atoms with van der Waals surface area (Å²) in [4.78, 5) is 15.6. The molecule has 40 heavy (non-hydrogen) atoms. The second kappa shape index (κ2) is 10.9. The van der Waals surface area contributed by atoms with Crippen LogP contribution in [-0.2, 0) is 15.7 Å². The van der Waals surface area contributed by atoms with Gasteiger partial charge in [0.15, 0.2) is 5.69 Å². The number of rotatable bonds is 8. The van der Waals surface area contributed by atoms with Gasteiger partial charge in [-0.15, -0.1) is 10.2 Å². The molecule has 2 aromatic heterocycles. The van der Waals surface area contributed by atoms with E-state index in [-0.39, 0.29) is 29.4 Å². The van der Waals surface area contributed by atoms with Crippen LogP contribution < -0.4 is 10.2 Å². The number of carbonyl (C=O) groups excluding carboxylic acids is 1. The number of halogens is 6. The van der Waals surface area contributed by atoms with E-state index in [0.717, 1.165) is 5.69 Å². The highest BCUT2D eigenvalue weighted by molar-refractivity contribution is 6.32. The molecule has 1 saturated heterocycles. The van der Waals surface area contributed by atoms with Crippen LogP contribution in [0.15, 0.2) is 18.2 Å². The standard InChI is InChI=1S/C24H26ClF5N8O2/c1-11-9-37(10-12(2)40-11)14-5-6-16(15(7-14)22-32-35-36-33-22)31-23(39)17(8-18(26)27)38-20(13-3-4-13)19(25)21(34-38)24(28,29)30/h5-7,11-13,17-18H,3-4,8-10H2,1-2H3,(H,31,39)(H,32,33,35,36)/t11-,12?,17-/m0/s1. The second-order valence-corrected chi connectivity index (χ2v) is 10.4. The van der Waals surface area contributed by atoms with E-state index in [9.17, 15) is 26.7 Å². The summed E-state index contributed by atoms with van der Waals surface area (Å²) in [5.41, 5.74) is -0.216. The number of ether oxygens (including phenoxy) is 1. The van der Waals surface area contributed by atoms with Crippen LogP contribution in [0.5, 0.6) is 0 Å². The van der Waals surface area contributed by atoms with Crippen LogP contribution in [-0.4, -0.2) is 68.0 Å². The lowest BCUT2D eigenvalue weighted by atomic mass is 10.1. The number of aromatic amines is 1. The number of H-pyrrole nitrogens is 1. The number of aromatic nitrogens is 6. The topological polar surface area (TPSA) is 114 Å². The zero-order chi connectivity index (χ0) is 28.8. The summed E-state index contributed by atoms with van der Waals surface area (Å²) in [5.74, 6) is -1.27. The quantitative estimate of drug-likeness (QED) is 0.354. The Balaban J connectivity index is 1.51. The number of carbonyl (C=O) groups is 1. The van der Waals surface area contributed by atoms with Gasteiger partial charge >= 0.3 is 6.18 Å². The second-order valence-electron chi connectivity index (χ2n) is 10.0.